The zero-order chi connectivity index (χ0) is 14.0. The molecule has 100 valence electrons. The second kappa shape index (κ2) is 4.99. The Morgan fingerprint density at radius 2 is 1.83 bits per heavy atom. The maximum Gasteiger partial charge on any atom is 0.311 e. The van der Waals surface area contributed by atoms with Gasteiger partial charge >= 0.3 is 5.92 Å². The van der Waals surface area contributed by atoms with E-state index in [2.05, 4.69) is 4.18 Å². The van der Waals surface area contributed by atoms with E-state index >= 15 is 0 Å². The predicted molar refractivity (Wildman–Crippen MR) is 54.3 cm³/mol. The zero-order valence-corrected chi connectivity index (χ0v) is 10.0. The topological polar surface area (TPSA) is 83.5 Å². The number of aryl methyl sites for hydroxylation is 1. The average molecular weight is 279 g/mol. The van der Waals surface area contributed by atoms with Gasteiger partial charge in [-0.2, -0.15) is 17.2 Å². The van der Waals surface area contributed by atoms with Gasteiger partial charge in [-0.1, -0.05) is 17.7 Å². The van der Waals surface area contributed by atoms with Gasteiger partial charge in [0.25, 0.3) is 10.1 Å². The van der Waals surface area contributed by atoms with Crippen LogP contribution >= 0.6 is 0 Å². The molecule has 8 heteroatoms. The molecule has 0 unspecified atom stereocenters. The molecule has 0 saturated carbocycles. The lowest BCUT2D eigenvalue weighted by Crippen LogP contribution is -2.45. The van der Waals surface area contributed by atoms with E-state index in [0.717, 1.165) is 5.56 Å². The molecule has 0 bridgehead atoms. The highest BCUT2D eigenvalue weighted by Gasteiger charge is 2.34. The summed E-state index contributed by atoms with van der Waals surface area (Å²) in [5.74, 6) is -7.06. The minimum absolute atomic E-state index is 0.331. The van der Waals surface area contributed by atoms with Crippen molar-refractivity contribution in [2.75, 3.05) is 6.61 Å². The van der Waals surface area contributed by atoms with E-state index in [1.165, 1.54) is 24.3 Å². The van der Waals surface area contributed by atoms with Crippen LogP contribution in [0.25, 0.3) is 0 Å². The van der Waals surface area contributed by atoms with Crippen LogP contribution in [0.3, 0.4) is 0 Å². The van der Waals surface area contributed by atoms with Crippen LogP contribution in [0.4, 0.5) is 8.78 Å². The summed E-state index contributed by atoms with van der Waals surface area (Å²) in [6.07, 6.45) is 0. The summed E-state index contributed by atoms with van der Waals surface area (Å²) < 4.78 is 52.1. The highest BCUT2D eigenvalue weighted by molar-refractivity contribution is 7.86. The number of aliphatic carboxylic acids is 1. The third-order valence-electron chi connectivity index (χ3n) is 2.00. The first-order chi connectivity index (χ1) is 8.15. The Morgan fingerprint density at radius 3 is 2.28 bits per heavy atom. The SMILES string of the molecule is Cc1ccc(S(=O)(=O)OCC(F)(F)C(=O)[O-])cc1. The summed E-state index contributed by atoms with van der Waals surface area (Å²) in [4.78, 5) is 9.65. The molecule has 0 aliphatic carbocycles. The molecule has 5 nitrogen and oxygen atoms in total. The van der Waals surface area contributed by atoms with Crippen molar-refractivity contribution in [3.8, 4) is 0 Å². The fraction of sp³-hybridized carbons (Fsp3) is 0.300. The number of carbonyl (C=O) groups is 1. The largest absolute Gasteiger partial charge is 0.544 e. The number of carbonyl (C=O) groups excluding carboxylic acids is 1. The Hall–Kier alpha value is -1.54. The fourth-order valence-corrected chi connectivity index (χ4v) is 1.89. The molecular weight excluding hydrogens is 270 g/mol. The van der Waals surface area contributed by atoms with Crippen LogP contribution in [-0.2, 0) is 19.1 Å². The number of hydrogen-bond donors (Lipinski definition) is 0. The molecule has 0 aliphatic heterocycles. The van der Waals surface area contributed by atoms with Crippen molar-refractivity contribution in [3.63, 3.8) is 0 Å². The molecule has 0 heterocycles. The van der Waals surface area contributed by atoms with Crippen molar-refractivity contribution in [1.82, 2.24) is 0 Å². The summed E-state index contributed by atoms with van der Waals surface area (Å²) in [6.45, 7) is -0.0902. The lowest BCUT2D eigenvalue weighted by atomic mass is 10.2. The summed E-state index contributed by atoms with van der Waals surface area (Å²) in [5, 5.41) is 9.98. The van der Waals surface area contributed by atoms with E-state index in [-0.39, 0.29) is 4.90 Å². The number of benzene rings is 1. The molecule has 0 amide bonds. The van der Waals surface area contributed by atoms with E-state index in [9.17, 15) is 27.1 Å². The molecule has 1 rings (SSSR count). The molecule has 0 fully saturated rings. The number of alkyl halides is 2. The Bertz CT molecular complexity index is 536. The maximum absolute atomic E-state index is 12.6. The van der Waals surface area contributed by atoms with Gasteiger partial charge in [-0.15, -0.1) is 0 Å². The molecule has 1 aromatic rings. The van der Waals surface area contributed by atoms with Crippen LogP contribution in [0.2, 0.25) is 0 Å². The lowest BCUT2D eigenvalue weighted by molar-refractivity contribution is -0.330. The molecular formula is C10H9F2O5S-. The minimum atomic E-state index is -4.41. The Labute approximate surface area is 102 Å². The van der Waals surface area contributed by atoms with Crippen LogP contribution in [-0.4, -0.2) is 26.9 Å². The Morgan fingerprint density at radius 1 is 1.33 bits per heavy atom. The molecule has 0 N–H and O–H groups in total. The maximum atomic E-state index is 12.6. The zero-order valence-electron chi connectivity index (χ0n) is 9.22. The van der Waals surface area contributed by atoms with E-state index < -0.39 is 28.6 Å². The van der Waals surface area contributed by atoms with Gasteiger partial charge in [-0.05, 0) is 19.1 Å². The number of halogens is 2. The van der Waals surface area contributed by atoms with Crippen LogP contribution in [0.5, 0.6) is 0 Å². The number of rotatable bonds is 5. The quantitative estimate of drug-likeness (QED) is 0.713. The van der Waals surface area contributed by atoms with Crippen molar-refractivity contribution in [2.45, 2.75) is 17.7 Å². The second-order valence-corrected chi connectivity index (χ2v) is 5.14. The molecule has 1 aromatic carbocycles. The van der Waals surface area contributed by atoms with Gasteiger partial charge in [0.2, 0.25) is 0 Å². The van der Waals surface area contributed by atoms with Gasteiger partial charge in [-0.3, -0.25) is 4.18 Å². The van der Waals surface area contributed by atoms with Crippen LogP contribution < -0.4 is 5.11 Å². The summed E-state index contributed by atoms with van der Waals surface area (Å²) in [5.41, 5.74) is 0.772. The van der Waals surface area contributed by atoms with Gasteiger partial charge in [0.05, 0.1) is 4.90 Å². The summed E-state index contributed by atoms with van der Waals surface area (Å²) >= 11 is 0. The second-order valence-electron chi connectivity index (χ2n) is 3.52. The van der Waals surface area contributed by atoms with E-state index in [0.29, 0.717) is 0 Å². The first-order valence-electron chi connectivity index (χ1n) is 4.70. The van der Waals surface area contributed by atoms with E-state index in [1.54, 1.807) is 6.92 Å². The monoisotopic (exact) mass is 279 g/mol. The molecule has 0 aliphatic rings. The van der Waals surface area contributed by atoms with Gasteiger partial charge in [-0.25, -0.2) is 0 Å². The van der Waals surface area contributed by atoms with Crippen molar-refractivity contribution in [3.05, 3.63) is 29.8 Å². The normalized spacial score (nSPS) is 12.4. The first-order valence-corrected chi connectivity index (χ1v) is 6.11. The lowest BCUT2D eigenvalue weighted by Gasteiger charge is -2.16. The molecule has 0 radical (unpaired) electrons. The summed E-state index contributed by atoms with van der Waals surface area (Å²) in [7, 11) is -4.41. The van der Waals surface area contributed by atoms with Gasteiger partial charge in [0.1, 0.15) is 12.6 Å². The summed E-state index contributed by atoms with van der Waals surface area (Å²) in [6, 6.07) is 5.24. The van der Waals surface area contributed by atoms with Crippen molar-refractivity contribution in [1.29, 1.82) is 0 Å². The highest BCUT2D eigenvalue weighted by atomic mass is 32.2. The Balaban J connectivity index is 2.84. The number of hydrogen-bond acceptors (Lipinski definition) is 5. The third kappa shape index (κ3) is 3.47. The fourth-order valence-electron chi connectivity index (χ4n) is 0.983. The van der Waals surface area contributed by atoms with Crippen molar-refractivity contribution >= 4 is 16.1 Å². The molecule has 0 atom stereocenters. The van der Waals surface area contributed by atoms with E-state index in [4.69, 9.17) is 0 Å². The van der Waals surface area contributed by atoms with Crippen LogP contribution in [0, 0.1) is 6.92 Å². The molecule has 0 spiro atoms. The minimum Gasteiger partial charge on any atom is -0.544 e. The highest BCUT2D eigenvalue weighted by Crippen LogP contribution is 2.18. The van der Waals surface area contributed by atoms with Crippen LogP contribution in [0.1, 0.15) is 5.56 Å². The van der Waals surface area contributed by atoms with Crippen molar-refractivity contribution in [2.24, 2.45) is 0 Å². The predicted octanol–water partition coefficient (Wildman–Crippen LogP) is 0.0855. The molecule has 18 heavy (non-hydrogen) atoms. The first kappa shape index (κ1) is 14.5. The van der Waals surface area contributed by atoms with Gasteiger partial charge < -0.3 is 9.90 Å². The molecule has 0 aromatic heterocycles. The van der Waals surface area contributed by atoms with Gasteiger partial charge in [0.15, 0.2) is 0 Å². The average Bonchev–Trinajstić information content (AvgIpc) is 2.27. The van der Waals surface area contributed by atoms with E-state index in [1.807, 2.05) is 0 Å². The molecule has 0 saturated heterocycles. The third-order valence-corrected chi connectivity index (χ3v) is 3.28. The smallest absolute Gasteiger partial charge is 0.311 e. The number of carboxylic acids is 1. The van der Waals surface area contributed by atoms with Gasteiger partial charge in [0, 0.05) is 0 Å². The Kier molecular flexibility index (Phi) is 4.02. The standard InChI is InChI=1S/C10H10F2O5S/c1-7-2-4-8(5-3-7)18(15,16)17-6-10(11,12)9(13)14/h2-5H,6H2,1H3,(H,13,14)/p-1. The number of carboxylic acid groups (broad SMARTS) is 1. The van der Waals surface area contributed by atoms with Crippen molar-refractivity contribution < 1.29 is 31.3 Å². The van der Waals surface area contributed by atoms with Crippen LogP contribution in [0.15, 0.2) is 29.2 Å².